The zero-order chi connectivity index (χ0) is 13.2. The maximum Gasteiger partial charge on any atom is 0.126 e. The third-order valence-corrected chi connectivity index (χ3v) is 4.21. The van der Waals surface area contributed by atoms with Crippen LogP contribution >= 0.6 is 15.9 Å². The Morgan fingerprint density at radius 2 is 2.16 bits per heavy atom. The van der Waals surface area contributed by atoms with Gasteiger partial charge in [0, 0.05) is 23.0 Å². The molecule has 1 aliphatic carbocycles. The van der Waals surface area contributed by atoms with E-state index in [0.29, 0.717) is 12.1 Å². The van der Waals surface area contributed by atoms with Crippen LogP contribution in [0.5, 0.6) is 0 Å². The van der Waals surface area contributed by atoms with E-state index in [0.717, 1.165) is 40.5 Å². The highest BCUT2D eigenvalue weighted by Gasteiger charge is 2.24. The lowest BCUT2D eigenvalue weighted by Crippen LogP contribution is -2.17. The molecule has 1 saturated carbocycles. The molecule has 1 aromatic heterocycles. The molecule has 0 radical (unpaired) electrons. The number of nitrogens with zero attached hydrogens (tertiary/aromatic N) is 1. The fourth-order valence-electron chi connectivity index (χ4n) is 2.67. The summed E-state index contributed by atoms with van der Waals surface area (Å²) in [6.07, 6.45) is 3.75. The van der Waals surface area contributed by atoms with Crippen LogP contribution in [0.1, 0.15) is 19.3 Å². The monoisotopic (exact) mass is 320 g/mol. The Hall–Kier alpha value is -1.13. The number of fused-ring (bicyclic) bond motifs is 1. The van der Waals surface area contributed by atoms with Gasteiger partial charge in [-0.2, -0.15) is 0 Å². The highest BCUT2D eigenvalue weighted by molar-refractivity contribution is 9.10. The molecule has 1 aliphatic rings. The third kappa shape index (κ3) is 2.90. The second kappa shape index (κ2) is 5.47. The van der Waals surface area contributed by atoms with Crippen molar-refractivity contribution in [1.29, 1.82) is 0 Å². The molecule has 0 amide bonds. The lowest BCUT2D eigenvalue weighted by molar-refractivity contribution is 0.108. The minimum atomic E-state index is 0.397. The highest BCUT2D eigenvalue weighted by Crippen LogP contribution is 2.25. The molecular formula is C15H17BrN2O. The van der Waals surface area contributed by atoms with Crippen LogP contribution in [0.4, 0.5) is 5.82 Å². The number of halogens is 1. The Labute approximate surface area is 121 Å². The van der Waals surface area contributed by atoms with Crippen molar-refractivity contribution in [3.8, 4) is 0 Å². The average Bonchev–Trinajstić information content (AvgIpc) is 2.86. The van der Waals surface area contributed by atoms with Crippen LogP contribution in [0.25, 0.3) is 10.9 Å². The summed E-state index contributed by atoms with van der Waals surface area (Å²) in [5, 5.41) is 4.66. The van der Waals surface area contributed by atoms with E-state index in [1.54, 1.807) is 7.11 Å². The van der Waals surface area contributed by atoms with Crippen LogP contribution in [0.2, 0.25) is 0 Å². The van der Waals surface area contributed by atoms with Crippen LogP contribution in [0.3, 0.4) is 0 Å². The average molecular weight is 321 g/mol. The molecule has 4 heteroatoms. The fourth-order valence-corrected chi connectivity index (χ4v) is 3.05. The first-order chi connectivity index (χ1) is 9.24. The minimum Gasteiger partial charge on any atom is -0.381 e. The molecule has 3 rings (SSSR count). The van der Waals surface area contributed by atoms with E-state index < -0.39 is 0 Å². The molecular weight excluding hydrogens is 304 g/mol. The second-order valence-electron chi connectivity index (χ2n) is 5.05. The number of aromatic nitrogens is 1. The van der Waals surface area contributed by atoms with Gasteiger partial charge in [-0.1, -0.05) is 15.9 Å². The topological polar surface area (TPSA) is 34.1 Å². The van der Waals surface area contributed by atoms with E-state index >= 15 is 0 Å². The van der Waals surface area contributed by atoms with Gasteiger partial charge in [0.2, 0.25) is 0 Å². The summed E-state index contributed by atoms with van der Waals surface area (Å²) >= 11 is 3.48. The zero-order valence-electron chi connectivity index (χ0n) is 10.9. The summed E-state index contributed by atoms with van der Waals surface area (Å²) in [4.78, 5) is 4.66. The molecule has 1 aromatic carbocycles. The van der Waals surface area contributed by atoms with Crippen molar-refractivity contribution in [2.75, 3.05) is 12.4 Å². The number of benzene rings is 1. The number of ether oxygens (including phenoxy) is 1. The Morgan fingerprint density at radius 3 is 2.95 bits per heavy atom. The number of rotatable bonds is 3. The van der Waals surface area contributed by atoms with Crippen molar-refractivity contribution in [2.45, 2.75) is 31.4 Å². The standard InChI is InChI=1S/C15H17BrN2O/c1-19-13-5-4-12(9-13)17-15-7-2-10-8-11(16)3-6-14(10)18-15/h2-3,6-8,12-13H,4-5,9H2,1H3,(H,17,18). The predicted molar refractivity (Wildman–Crippen MR) is 81.5 cm³/mol. The van der Waals surface area contributed by atoms with Crippen molar-refractivity contribution in [3.63, 3.8) is 0 Å². The SMILES string of the molecule is COC1CCC(Nc2ccc3cc(Br)ccc3n2)C1. The summed E-state index contributed by atoms with van der Waals surface area (Å²) < 4.78 is 6.48. The summed E-state index contributed by atoms with van der Waals surface area (Å²) in [5.74, 6) is 0.955. The first-order valence-electron chi connectivity index (χ1n) is 6.60. The van der Waals surface area contributed by atoms with Crippen LogP contribution < -0.4 is 5.32 Å². The Balaban J connectivity index is 1.77. The first kappa shape index (κ1) is 12.9. The summed E-state index contributed by atoms with van der Waals surface area (Å²) in [7, 11) is 1.79. The quantitative estimate of drug-likeness (QED) is 0.928. The normalized spacial score (nSPS) is 22.8. The van der Waals surface area contributed by atoms with Gasteiger partial charge in [-0.25, -0.2) is 4.98 Å². The molecule has 2 unspecified atom stereocenters. The number of nitrogens with one attached hydrogen (secondary N) is 1. The Morgan fingerprint density at radius 1 is 1.26 bits per heavy atom. The molecule has 0 aliphatic heterocycles. The first-order valence-corrected chi connectivity index (χ1v) is 7.39. The number of pyridine rings is 1. The highest BCUT2D eigenvalue weighted by atomic mass is 79.9. The van der Waals surface area contributed by atoms with Crippen molar-refractivity contribution in [1.82, 2.24) is 4.98 Å². The molecule has 19 heavy (non-hydrogen) atoms. The molecule has 100 valence electrons. The molecule has 1 fully saturated rings. The summed E-state index contributed by atoms with van der Waals surface area (Å²) in [6.45, 7) is 0. The van der Waals surface area contributed by atoms with Crippen molar-refractivity contribution in [2.24, 2.45) is 0 Å². The summed E-state index contributed by atoms with van der Waals surface area (Å²) in [6, 6.07) is 10.8. The number of hydrogen-bond donors (Lipinski definition) is 1. The fraction of sp³-hybridized carbons (Fsp3) is 0.400. The predicted octanol–water partition coefficient (Wildman–Crippen LogP) is 3.98. The molecule has 2 atom stereocenters. The molecule has 1 heterocycles. The van der Waals surface area contributed by atoms with Crippen molar-refractivity contribution < 1.29 is 4.74 Å². The van der Waals surface area contributed by atoms with Crippen molar-refractivity contribution >= 4 is 32.7 Å². The number of methoxy groups -OCH3 is 1. The Bertz CT molecular complexity index is 587. The minimum absolute atomic E-state index is 0.397. The van der Waals surface area contributed by atoms with E-state index in [-0.39, 0.29) is 0 Å². The third-order valence-electron chi connectivity index (χ3n) is 3.72. The smallest absolute Gasteiger partial charge is 0.126 e. The molecule has 2 aromatic rings. The molecule has 0 saturated heterocycles. The van der Waals surface area contributed by atoms with Gasteiger partial charge in [0.25, 0.3) is 0 Å². The van der Waals surface area contributed by atoms with E-state index in [4.69, 9.17) is 4.74 Å². The van der Waals surface area contributed by atoms with Gasteiger partial charge < -0.3 is 10.1 Å². The van der Waals surface area contributed by atoms with Gasteiger partial charge in [0.15, 0.2) is 0 Å². The van der Waals surface area contributed by atoms with Crippen molar-refractivity contribution in [3.05, 3.63) is 34.8 Å². The zero-order valence-corrected chi connectivity index (χ0v) is 12.5. The largest absolute Gasteiger partial charge is 0.381 e. The van der Waals surface area contributed by atoms with Gasteiger partial charge >= 0.3 is 0 Å². The van der Waals surface area contributed by atoms with E-state index in [9.17, 15) is 0 Å². The molecule has 0 bridgehead atoms. The van der Waals surface area contributed by atoms with Crippen LogP contribution in [0.15, 0.2) is 34.8 Å². The lowest BCUT2D eigenvalue weighted by Gasteiger charge is -2.14. The number of anilines is 1. The van der Waals surface area contributed by atoms with Crippen LogP contribution in [-0.2, 0) is 4.74 Å². The molecule has 3 nitrogen and oxygen atoms in total. The summed E-state index contributed by atoms with van der Waals surface area (Å²) in [5.41, 5.74) is 1.02. The van der Waals surface area contributed by atoms with E-state index in [1.807, 2.05) is 12.1 Å². The maximum atomic E-state index is 5.40. The van der Waals surface area contributed by atoms with Gasteiger partial charge in [0.1, 0.15) is 5.82 Å². The van der Waals surface area contributed by atoms with E-state index in [1.165, 1.54) is 0 Å². The molecule has 1 N–H and O–H groups in total. The van der Waals surface area contributed by atoms with Gasteiger partial charge in [-0.15, -0.1) is 0 Å². The van der Waals surface area contributed by atoms with Crippen LogP contribution in [0, 0.1) is 0 Å². The number of hydrogen-bond acceptors (Lipinski definition) is 3. The van der Waals surface area contributed by atoms with Crippen LogP contribution in [-0.4, -0.2) is 24.2 Å². The van der Waals surface area contributed by atoms with Gasteiger partial charge in [-0.05, 0) is 49.6 Å². The van der Waals surface area contributed by atoms with Gasteiger partial charge in [-0.3, -0.25) is 0 Å². The Kier molecular flexibility index (Phi) is 3.71. The molecule has 0 spiro atoms. The lowest BCUT2D eigenvalue weighted by atomic mass is 10.2. The second-order valence-corrected chi connectivity index (χ2v) is 5.96. The van der Waals surface area contributed by atoms with E-state index in [2.05, 4.69) is 44.4 Å². The van der Waals surface area contributed by atoms with Gasteiger partial charge in [0.05, 0.1) is 11.6 Å². The maximum absolute atomic E-state index is 5.40.